The van der Waals surface area contributed by atoms with Crippen molar-refractivity contribution in [3.63, 3.8) is 0 Å². The van der Waals surface area contributed by atoms with Gasteiger partial charge in [0.05, 0.1) is 0 Å². The average molecular weight is 181 g/mol. The van der Waals surface area contributed by atoms with Gasteiger partial charge in [0.15, 0.2) is 0 Å². The van der Waals surface area contributed by atoms with Crippen LogP contribution < -0.4 is 5.73 Å². The van der Waals surface area contributed by atoms with E-state index in [1.165, 1.54) is 18.4 Å². The molecule has 1 aromatic rings. The van der Waals surface area contributed by atoms with Gasteiger partial charge in [-0.3, -0.25) is 0 Å². The van der Waals surface area contributed by atoms with Crippen LogP contribution in [0.25, 0.3) is 0 Å². The van der Waals surface area contributed by atoms with Crippen LogP contribution in [0.5, 0.6) is 0 Å². The molecule has 0 unspecified atom stereocenters. The smallest absolute Gasteiger partial charge is 0.0449 e. The molecular weight excluding hydrogens is 166 g/mol. The van der Waals surface area contributed by atoms with Gasteiger partial charge in [-0.15, -0.1) is 12.6 Å². The van der Waals surface area contributed by atoms with Crippen molar-refractivity contribution in [1.29, 1.82) is 0 Å². The molecule has 0 aliphatic rings. The van der Waals surface area contributed by atoms with Crippen molar-refractivity contribution in [1.82, 2.24) is 0 Å². The maximum atomic E-state index is 5.64. The number of benzene rings is 1. The number of hydrogen-bond acceptors (Lipinski definition) is 2. The first-order valence-corrected chi connectivity index (χ1v) is 4.76. The number of unbranched alkanes of at least 4 members (excludes halogenated alkanes) is 1. The van der Waals surface area contributed by atoms with Gasteiger partial charge in [0.25, 0.3) is 0 Å². The summed E-state index contributed by atoms with van der Waals surface area (Å²) in [7, 11) is 0. The Morgan fingerprint density at radius 2 is 2.17 bits per heavy atom. The second kappa shape index (κ2) is 4.41. The minimum Gasteiger partial charge on any atom is -0.398 e. The van der Waals surface area contributed by atoms with Crippen LogP contribution in [-0.2, 0) is 6.42 Å². The van der Waals surface area contributed by atoms with E-state index in [2.05, 4.69) is 25.6 Å². The zero-order valence-corrected chi connectivity index (χ0v) is 8.27. The molecule has 0 radical (unpaired) electrons. The predicted molar refractivity (Wildman–Crippen MR) is 56.7 cm³/mol. The normalized spacial score (nSPS) is 10.2. The van der Waals surface area contributed by atoms with Crippen LogP contribution in [0.1, 0.15) is 25.3 Å². The molecule has 2 N–H and O–H groups in total. The molecule has 0 heterocycles. The van der Waals surface area contributed by atoms with E-state index in [0.717, 1.165) is 17.0 Å². The van der Waals surface area contributed by atoms with Crippen LogP contribution in [0.15, 0.2) is 23.1 Å². The molecule has 0 bridgehead atoms. The number of aryl methyl sites for hydroxylation is 1. The molecule has 0 aliphatic heterocycles. The minimum absolute atomic E-state index is 0.763. The van der Waals surface area contributed by atoms with Crippen LogP contribution in [-0.4, -0.2) is 0 Å². The Balaban J connectivity index is 2.69. The van der Waals surface area contributed by atoms with Crippen molar-refractivity contribution < 1.29 is 0 Å². The third kappa shape index (κ3) is 2.45. The zero-order chi connectivity index (χ0) is 8.97. The molecule has 0 spiro atoms. The highest BCUT2D eigenvalue weighted by Crippen LogP contribution is 2.18. The maximum absolute atomic E-state index is 5.64. The van der Waals surface area contributed by atoms with E-state index < -0.39 is 0 Å². The van der Waals surface area contributed by atoms with Crippen molar-refractivity contribution in [3.8, 4) is 0 Å². The molecule has 12 heavy (non-hydrogen) atoms. The number of nitrogen functional groups attached to an aromatic ring is 1. The standard InChI is InChI=1S/C10H15NS/c1-2-3-4-8-5-6-9(11)10(12)7-8/h5-7,12H,2-4,11H2,1H3. The summed E-state index contributed by atoms with van der Waals surface area (Å²) in [6.45, 7) is 2.19. The molecule has 1 nitrogen and oxygen atoms in total. The third-order valence-electron chi connectivity index (χ3n) is 1.91. The summed E-state index contributed by atoms with van der Waals surface area (Å²) < 4.78 is 0. The second-order valence-electron chi connectivity index (χ2n) is 3.00. The first-order valence-electron chi connectivity index (χ1n) is 4.31. The van der Waals surface area contributed by atoms with Gasteiger partial charge in [-0.2, -0.15) is 0 Å². The summed E-state index contributed by atoms with van der Waals surface area (Å²) in [6, 6.07) is 6.05. The molecule has 0 atom stereocenters. The molecule has 0 aliphatic carbocycles. The van der Waals surface area contributed by atoms with Gasteiger partial charge in [0.2, 0.25) is 0 Å². The second-order valence-corrected chi connectivity index (χ2v) is 3.48. The lowest BCUT2D eigenvalue weighted by molar-refractivity contribution is 0.794. The van der Waals surface area contributed by atoms with Crippen molar-refractivity contribution in [2.24, 2.45) is 0 Å². The highest BCUT2D eigenvalue weighted by molar-refractivity contribution is 7.80. The molecule has 1 rings (SSSR count). The molecule has 0 saturated heterocycles. The third-order valence-corrected chi connectivity index (χ3v) is 2.30. The van der Waals surface area contributed by atoms with Gasteiger partial charge < -0.3 is 5.73 Å². The van der Waals surface area contributed by atoms with Crippen molar-refractivity contribution in [3.05, 3.63) is 23.8 Å². The highest BCUT2D eigenvalue weighted by Gasteiger charge is 1.96. The van der Waals surface area contributed by atoms with Gasteiger partial charge in [0, 0.05) is 10.6 Å². The Morgan fingerprint density at radius 1 is 1.42 bits per heavy atom. The van der Waals surface area contributed by atoms with Crippen LogP contribution in [0.2, 0.25) is 0 Å². The van der Waals surface area contributed by atoms with Crippen LogP contribution in [0, 0.1) is 0 Å². The van der Waals surface area contributed by atoms with Gasteiger partial charge in [0.1, 0.15) is 0 Å². The fourth-order valence-corrected chi connectivity index (χ4v) is 1.37. The quantitative estimate of drug-likeness (QED) is 0.544. The molecule has 0 fully saturated rings. The minimum atomic E-state index is 0.763. The molecule has 1 aromatic carbocycles. The van der Waals surface area contributed by atoms with Crippen molar-refractivity contribution >= 4 is 18.3 Å². The molecule has 0 saturated carbocycles. The van der Waals surface area contributed by atoms with E-state index in [4.69, 9.17) is 5.73 Å². The number of rotatable bonds is 3. The average Bonchev–Trinajstić information content (AvgIpc) is 2.07. The summed E-state index contributed by atoms with van der Waals surface area (Å²) in [4.78, 5) is 0.892. The number of nitrogens with two attached hydrogens (primary N) is 1. The van der Waals surface area contributed by atoms with E-state index in [1.807, 2.05) is 12.1 Å². The highest BCUT2D eigenvalue weighted by atomic mass is 32.1. The number of anilines is 1. The van der Waals surface area contributed by atoms with Crippen molar-refractivity contribution in [2.45, 2.75) is 31.1 Å². The summed E-state index contributed by atoms with van der Waals surface area (Å²) in [6.07, 6.45) is 3.59. The van der Waals surface area contributed by atoms with Crippen LogP contribution in [0.3, 0.4) is 0 Å². The zero-order valence-electron chi connectivity index (χ0n) is 7.38. The lowest BCUT2D eigenvalue weighted by Crippen LogP contribution is -1.90. The Bertz CT molecular complexity index is 258. The van der Waals surface area contributed by atoms with E-state index in [9.17, 15) is 0 Å². The lowest BCUT2D eigenvalue weighted by atomic mass is 10.1. The van der Waals surface area contributed by atoms with E-state index in [-0.39, 0.29) is 0 Å². The summed E-state index contributed by atoms with van der Waals surface area (Å²) in [5, 5.41) is 0. The molecule has 0 aromatic heterocycles. The Morgan fingerprint density at radius 3 is 2.75 bits per heavy atom. The Hall–Kier alpha value is -0.630. The topological polar surface area (TPSA) is 26.0 Å². The number of thiol groups is 1. The fourth-order valence-electron chi connectivity index (χ4n) is 1.13. The van der Waals surface area contributed by atoms with E-state index >= 15 is 0 Å². The van der Waals surface area contributed by atoms with Gasteiger partial charge in [-0.25, -0.2) is 0 Å². The summed E-state index contributed by atoms with van der Waals surface area (Å²) in [5.41, 5.74) is 7.73. The van der Waals surface area contributed by atoms with Gasteiger partial charge in [-0.1, -0.05) is 19.4 Å². The van der Waals surface area contributed by atoms with Crippen LogP contribution >= 0.6 is 12.6 Å². The fraction of sp³-hybridized carbons (Fsp3) is 0.400. The molecule has 2 heteroatoms. The Labute approximate surface area is 79.4 Å². The number of hydrogen-bond donors (Lipinski definition) is 2. The summed E-state index contributed by atoms with van der Waals surface area (Å²) >= 11 is 4.26. The Kier molecular flexibility index (Phi) is 3.48. The lowest BCUT2D eigenvalue weighted by Gasteiger charge is -2.03. The maximum Gasteiger partial charge on any atom is 0.0449 e. The monoisotopic (exact) mass is 181 g/mol. The summed E-state index contributed by atoms with van der Waals surface area (Å²) in [5.74, 6) is 0. The SMILES string of the molecule is CCCCc1ccc(N)c(S)c1. The first-order chi connectivity index (χ1) is 5.74. The van der Waals surface area contributed by atoms with E-state index in [1.54, 1.807) is 0 Å². The van der Waals surface area contributed by atoms with Crippen LogP contribution in [0.4, 0.5) is 5.69 Å². The van der Waals surface area contributed by atoms with E-state index in [0.29, 0.717) is 0 Å². The molecule has 0 amide bonds. The first kappa shape index (κ1) is 9.46. The molecule has 66 valence electrons. The largest absolute Gasteiger partial charge is 0.398 e. The van der Waals surface area contributed by atoms with Gasteiger partial charge >= 0.3 is 0 Å². The molecular formula is C10H15NS. The predicted octanol–water partition coefficient (Wildman–Crippen LogP) is 2.90. The van der Waals surface area contributed by atoms with Crippen molar-refractivity contribution in [2.75, 3.05) is 5.73 Å². The van der Waals surface area contributed by atoms with Gasteiger partial charge in [-0.05, 0) is 30.5 Å².